The Morgan fingerprint density at radius 2 is 1.76 bits per heavy atom. The van der Waals surface area contributed by atoms with Crippen molar-refractivity contribution in [2.75, 3.05) is 56.6 Å². The number of aromatic nitrogens is 5. The van der Waals surface area contributed by atoms with Crippen molar-refractivity contribution in [3.63, 3.8) is 0 Å². The number of fused-ring (bicyclic) bond motifs is 2. The van der Waals surface area contributed by atoms with Gasteiger partial charge < -0.3 is 19.9 Å². The molecule has 0 radical (unpaired) electrons. The molecule has 1 saturated carbocycles. The van der Waals surface area contributed by atoms with Crippen molar-refractivity contribution >= 4 is 63.4 Å². The van der Waals surface area contributed by atoms with Crippen LogP contribution in [0, 0.1) is 11.3 Å². The lowest BCUT2D eigenvalue weighted by Gasteiger charge is -2.47. The van der Waals surface area contributed by atoms with Gasteiger partial charge in [0.15, 0.2) is 11.5 Å². The van der Waals surface area contributed by atoms with E-state index in [0.29, 0.717) is 51.0 Å². The van der Waals surface area contributed by atoms with Gasteiger partial charge in [-0.15, -0.1) is 0 Å². The van der Waals surface area contributed by atoms with Crippen LogP contribution in [0.1, 0.15) is 91.0 Å². The Hall–Kier alpha value is -5.54. The van der Waals surface area contributed by atoms with Crippen LogP contribution >= 0.6 is 11.6 Å². The highest BCUT2D eigenvalue weighted by atomic mass is 35.5. The predicted molar refractivity (Wildman–Crippen MR) is 223 cm³/mol. The summed E-state index contributed by atoms with van der Waals surface area (Å²) in [4.78, 5) is 61.4. The second-order valence-corrected chi connectivity index (χ2v) is 17.0. The lowest BCUT2D eigenvalue weighted by molar-refractivity contribution is -0.120. The number of halogens is 1. The van der Waals surface area contributed by atoms with E-state index >= 15 is 0 Å². The third-order valence-corrected chi connectivity index (χ3v) is 13.5. The average Bonchev–Trinajstić information content (AvgIpc) is 3.87. The molecule has 3 aromatic heterocycles. The Bertz CT molecular complexity index is 2400. The van der Waals surface area contributed by atoms with Crippen molar-refractivity contribution in [1.29, 1.82) is 0 Å². The van der Waals surface area contributed by atoms with E-state index in [9.17, 15) is 19.2 Å². The highest BCUT2D eigenvalue weighted by Gasteiger charge is 2.39. The zero-order chi connectivity index (χ0) is 40.7. The Labute approximate surface area is 347 Å². The van der Waals surface area contributed by atoms with Crippen LogP contribution in [-0.4, -0.2) is 104 Å². The first kappa shape index (κ1) is 38.9. The van der Waals surface area contributed by atoms with Crippen molar-refractivity contribution in [2.24, 2.45) is 11.3 Å². The highest BCUT2D eigenvalue weighted by molar-refractivity contribution is 6.34. The van der Waals surface area contributed by atoms with Gasteiger partial charge in [0.1, 0.15) is 5.75 Å². The number of urea groups is 1. The second kappa shape index (κ2) is 16.3. The Kier molecular flexibility index (Phi) is 10.7. The molecule has 9 rings (SSSR count). The predicted octanol–water partition coefficient (Wildman–Crippen LogP) is 6.58. The van der Waals surface area contributed by atoms with E-state index in [1.54, 1.807) is 48.3 Å². The zero-order valence-corrected chi connectivity index (χ0v) is 34.0. The Balaban J connectivity index is 0.731. The molecule has 1 aliphatic carbocycles. The van der Waals surface area contributed by atoms with Gasteiger partial charge in [-0.2, -0.15) is 14.7 Å². The molecular weight excluding hydrogens is 772 g/mol. The summed E-state index contributed by atoms with van der Waals surface area (Å²) in [6, 6.07) is 12.2. The lowest BCUT2D eigenvalue weighted by atomic mass is 9.71. The average molecular weight is 821 g/mol. The van der Waals surface area contributed by atoms with E-state index < -0.39 is 6.03 Å². The molecule has 1 spiro atoms. The monoisotopic (exact) mass is 820 g/mol. The van der Waals surface area contributed by atoms with Crippen LogP contribution in [-0.2, 0) is 4.79 Å². The Morgan fingerprint density at radius 3 is 2.53 bits per heavy atom. The molecule has 308 valence electrons. The van der Waals surface area contributed by atoms with Gasteiger partial charge in [-0.05, 0) is 125 Å². The fraction of sp³-hybridized carbons (Fsp3) is 0.465. The molecule has 16 heteroatoms. The van der Waals surface area contributed by atoms with E-state index in [1.165, 1.54) is 24.2 Å². The van der Waals surface area contributed by atoms with Crippen molar-refractivity contribution in [3.8, 4) is 5.75 Å². The van der Waals surface area contributed by atoms with Gasteiger partial charge in [0.25, 0.3) is 11.8 Å². The van der Waals surface area contributed by atoms with Gasteiger partial charge in [-0.1, -0.05) is 11.6 Å². The summed E-state index contributed by atoms with van der Waals surface area (Å²) in [5, 5.41) is 15.7. The minimum Gasteiger partial charge on any atom is -0.496 e. The molecule has 15 nitrogen and oxygen atoms in total. The number of methoxy groups -OCH3 is 1. The number of ether oxygens (including phenoxy) is 1. The number of carbonyl (C=O) groups is 4. The maximum atomic E-state index is 13.6. The summed E-state index contributed by atoms with van der Waals surface area (Å²) < 4.78 is 9.30. The molecule has 2 aromatic carbocycles. The van der Waals surface area contributed by atoms with E-state index in [0.717, 1.165) is 82.2 Å². The van der Waals surface area contributed by atoms with E-state index in [1.807, 2.05) is 23.1 Å². The highest BCUT2D eigenvalue weighted by Crippen LogP contribution is 2.42. The van der Waals surface area contributed by atoms with Crippen molar-refractivity contribution < 1.29 is 23.9 Å². The quantitative estimate of drug-likeness (QED) is 0.168. The topological polar surface area (TPSA) is 159 Å². The standard InChI is InChI=1S/C43H49ClN10O5/c1-59-36-25-34-30(23-32(36)40(56)47-38-26-45-37-3-2-16-46-54(37)38)27-53(49-34)31-7-4-28(5-8-31)10-17-50-19-12-43(13-20-50)14-21-51(22-15-43)41(57)29-6-9-33(44)35(24-29)52-18-11-39(55)48-42(52)58/h2-3,6,9,16,23-28,31H,4-5,7-8,10-15,17-22H2,1H3,(H,47,56)(H,48,55,58). The number of anilines is 2. The minimum absolute atomic E-state index is 0.0488. The van der Waals surface area contributed by atoms with Crippen LogP contribution in [0.15, 0.2) is 61.1 Å². The molecule has 5 aromatic rings. The zero-order valence-electron chi connectivity index (χ0n) is 33.2. The molecule has 4 fully saturated rings. The Morgan fingerprint density at radius 1 is 0.983 bits per heavy atom. The molecule has 3 aliphatic heterocycles. The van der Waals surface area contributed by atoms with Gasteiger partial charge in [-0.3, -0.25) is 29.3 Å². The number of imide groups is 1. The van der Waals surface area contributed by atoms with Crippen LogP contribution in [0.3, 0.4) is 0 Å². The summed E-state index contributed by atoms with van der Waals surface area (Å²) in [6.07, 6.45) is 15.5. The molecule has 0 atom stereocenters. The van der Waals surface area contributed by atoms with Crippen LogP contribution in [0.2, 0.25) is 5.02 Å². The summed E-state index contributed by atoms with van der Waals surface area (Å²) >= 11 is 6.43. The molecule has 59 heavy (non-hydrogen) atoms. The first-order valence-corrected chi connectivity index (χ1v) is 21.1. The maximum absolute atomic E-state index is 13.6. The number of imidazole rings is 1. The van der Waals surface area contributed by atoms with Crippen LogP contribution in [0.5, 0.6) is 5.75 Å². The first-order chi connectivity index (χ1) is 28.6. The molecule has 5 amide bonds. The number of amides is 5. The van der Waals surface area contributed by atoms with Gasteiger partial charge in [-0.25, -0.2) is 9.78 Å². The number of nitrogens with one attached hydrogen (secondary N) is 2. The fourth-order valence-electron chi connectivity index (χ4n) is 9.53. The number of rotatable bonds is 9. The molecule has 0 bridgehead atoms. The molecule has 3 saturated heterocycles. The SMILES string of the molecule is COc1cc2nn(C3CCC(CCN4CCC5(CC4)CCN(C(=O)c4ccc(Cl)c(N6CCC(=O)NC6=O)c4)CC5)CC3)cc2cc1C(=O)Nc1cnc2cccnn12. The van der Waals surface area contributed by atoms with Gasteiger partial charge in [0, 0.05) is 55.5 Å². The summed E-state index contributed by atoms with van der Waals surface area (Å²) in [7, 11) is 1.56. The molecular formula is C43H49ClN10O5. The molecule has 2 N–H and O–H groups in total. The van der Waals surface area contributed by atoms with Gasteiger partial charge in [0.05, 0.1) is 41.1 Å². The number of piperidine rings is 2. The lowest BCUT2D eigenvalue weighted by Crippen LogP contribution is -2.50. The van der Waals surface area contributed by atoms with Crippen LogP contribution in [0.25, 0.3) is 16.6 Å². The minimum atomic E-state index is -0.521. The largest absolute Gasteiger partial charge is 0.496 e. The number of carbonyl (C=O) groups excluding carboxylic acids is 4. The molecule has 4 aliphatic rings. The third-order valence-electron chi connectivity index (χ3n) is 13.2. The summed E-state index contributed by atoms with van der Waals surface area (Å²) in [5.74, 6) is 0.982. The summed E-state index contributed by atoms with van der Waals surface area (Å²) in [5.41, 5.74) is 3.10. The van der Waals surface area contributed by atoms with Crippen molar-refractivity contribution in [2.45, 2.75) is 70.3 Å². The van der Waals surface area contributed by atoms with Crippen LogP contribution < -0.4 is 20.3 Å². The van der Waals surface area contributed by atoms with E-state index in [4.69, 9.17) is 21.4 Å². The number of hydrogen-bond acceptors (Lipinski definition) is 9. The molecule has 6 heterocycles. The number of nitrogens with zero attached hydrogens (tertiary/aromatic N) is 8. The second-order valence-electron chi connectivity index (χ2n) is 16.6. The molecule has 0 unspecified atom stereocenters. The normalized spacial score (nSPS) is 21.3. The van der Waals surface area contributed by atoms with Gasteiger partial charge in [0.2, 0.25) is 5.91 Å². The van der Waals surface area contributed by atoms with E-state index in [-0.39, 0.29) is 36.1 Å². The first-order valence-electron chi connectivity index (χ1n) is 20.7. The van der Waals surface area contributed by atoms with E-state index in [2.05, 4.69) is 36.5 Å². The number of benzene rings is 2. The van der Waals surface area contributed by atoms with Crippen molar-refractivity contribution in [1.82, 2.24) is 39.5 Å². The smallest absolute Gasteiger partial charge is 0.328 e. The summed E-state index contributed by atoms with van der Waals surface area (Å²) in [6.45, 7) is 4.99. The third kappa shape index (κ3) is 7.97. The fourth-order valence-corrected chi connectivity index (χ4v) is 9.75. The maximum Gasteiger partial charge on any atom is 0.328 e. The van der Waals surface area contributed by atoms with Crippen LogP contribution in [0.4, 0.5) is 16.3 Å². The number of hydrogen-bond donors (Lipinski definition) is 2. The van der Waals surface area contributed by atoms with Crippen molar-refractivity contribution in [3.05, 3.63) is 77.2 Å². The van der Waals surface area contributed by atoms with Gasteiger partial charge >= 0.3 is 6.03 Å². The number of likely N-dealkylation sites (tertiary alicyclic amines) is 2.